The first-order valence-corrected chi connectivity index (χ1v) is 10.4. The minimum Gasteiger partial charge on any atom is -0.300 e. The second kappa shape index (κ2) is 5.28. The van der Waals surface area contributed by atoms with Crippen LogP contribution in [0, 0.1) is 28.6 Å². The third-order valence-electron chi connectivity index (χ3n) is 8.56. The molecule has 0 bridgehead atoms. The Hall–Kier alpha value is -0.440. The molecule has 3 heteroatoms. The van der Waals surface area contributed by atoms with Gasteiger partial charge in [-0.15, -0.1) is 0 Å². The third kappa shape index (κ3) is 2.00. The lowest BCUT2D eigenvalue weighted by molar-refractivity contribution is -0.127. The van der Waals surface area contributed by atoms with Crippen LogP contribution in [0.5, 0.6) is 0 Å². The van der Waals surface area contributed by atoms with Crippen LogP contribution in [-0.2, 0) is 9.59 Å². The summed E-state index contributed by atoms with van der Waals surface area (Å²) < 4.78 is 0.112. The summed E-state index contributed by atoms with van der Waals surface area (Å²) in [5, 5.41) is 0. The van der Waals surface area contributed by atoms with E-state index in [2.05, 4.69) is 29.8 Å². The zero-order valence-electron chi connectivity index (χ0n) is 15.2. The van der Waals surface area contributed by atoms with E-state index in [4.69, 9.17) is 0 Å². The highest BCUT2D eigenvalue weighted by Gasteiger charge is 2.65. The second-order valence-electron chi connectivity index (χ2n) is 9.33. The molecule has 0 spiro atoms. The van der Waals surface area contributed by atoms with Gasteiger partial charge in [-0.05, 0) is 75.2 Å². The SMILES string of the molecule is CC(=O)[C@H]1CC[C@H]2[C@@H]3CCC4=CC(=O)CC[C@]4(C)[C@@]3(Br)CC[C@]12C. The van der Waals surface area contributed by atoms with Crippen molar-refractivity contribution in [2.45, 2.75) is 76.5 Å². The van der Waals surface area contributed by atoms with Crippen LogP contribution in [0.2, 0.25) is 0 Å². The van der Waals surface area contributed by atoms with Crippen LogP contribution in [-0.4, -0.2) is 15.9 Å². The number of halogens is 1. The Morgan fingerprint density at radius 2 is 1.83 bits per heavy atom. The van der Waals surface area contributed by atoms with Crippen molar-refractivity contribution in [3.8, 4) is 0 Å². The van der Waals surface area contributed by atoms with Crippen LogP contribution < -0.4 is 0 Å². The minimum absolute atomic E-state index is 0.111. The van der Waals surface area contributed by atoms with Crippen molar-refractivity contribution in [2.24, 2.45) is 28.6 Å². The van der Waals surface area contributed by atoms with Crippen LogP contribution in [0.15, 0.2) is 11.6 Å². The molecule has 6 atom stereocenters. The van der Waals surface area contributed by atoms with Crippen molar-refractivity contribution >= 4 is 27.5 Å². The molecule has 0 heterocycles. The van der Waals surface area contributed by atoms with Gasteiger partial charge in [0.15, 0.2) is 5.78 Å². The van der Waals surface area contributed by atoms with E-state index in [-0.39, 0.29) is 21.1 Å². The van der Waals surface area contributed by atoms with E-state index in [0.717, 1.165) is 32.1 Å². The quantitative estimate of drug-likeness (QED) is 0.571. The van der Waals surface area contributed by atoms with Crippen molar-refractivity contribution in [3.63, 3.8) is 0 Å². The molecule has 0 aromatic carbocycles. The van der Waals surface area contributed by atoms with Gasteiger partial charge >= 0.3 is 0 Å². The fourth-order valence-electron chi connectivity index (χ4n) is 7.12. The zero-order chi connectivity index (χ0) is 17.3. The first-order valence-electron chi connectivity index (χ1n) is 9.66. The molecule has 0 saturated heterocycles. The van der Waals surface area contributed by atoms with Crippen LogP contribution >= 0.6 is 15.9 Å². The summed E-state index contributed by atoms with van der Waals surface area (Å²) in [5.41, 5.74) is 1.69. The molecule has 0 aromatic heterocycles. The normalized spacial score (nSPS) is 50.6. The molecule has 4 rings (SSSR count). The summed E-state index contributed by atoms with van der Waals surface area (Å²) in [6.45, 7) is 6.58. The minimum atomic E-state index is 0.111. The fourth-order valence-corrected chi connectivity index (χ4v) is 8.32. The summed E-state index contributed by atoms with van der Waals surface area (Å²) >= 11 is 4.27. The van der Waals surface area contributed by atoms with E-state index in [1.807, 2.05) is 6.08 Å². The number of ketones is 2. The average molecular weight is 393 g/mol. The van der Waals surface area contributed by atoms with Gasteiger partial charge in [-0.1, -0.05) is 35.4 Å². The number of alkyl halides is 1. The Kier molecular flexibility index (Phi) is 3.74. The lowest BCUT2D eigenvalue weighted by atomic mass is 9.46. The van der Waals surface area contributed by atoms with E-state index in [9.17, 15) is 9.59 Å². The Balaban J connectivity index is 1.74. The summed E-state index contributed by atoms with van der Waals surface area (Å²) in [6.07, 6.45) is 10.4. The molecule has 0 unspecified atom stereocenters. The summed E-state index contributed by atoms with van der Waals surface area (Å²) in [7, 11) is 0. The molecule has 0 N–H and O–H groups in total. The number of Topliss-reactive ketones (excluding diaryl/α,β-unsaturated/α-hetero) is 1. The molecule has 0 aromatic rings. The predicted molar refractivity (Wildman–Crippen MR) is 99.0 cm³/mol. The first-order chi connectivity index (χ1) is 11.2. The summed E-state index contributed by atoms with van der Waals surface area (Å²) in [4.78, 5) is 24.2. The fraction of sp³-hybridized carbons (Fsp3) is 0.810. The highest BCUT2D eigenvalue weighted by molar-refractivity contribution is 9.10. The number of carbonyl (C=O) groups excluding carboxylic acids is 2. The maximum absolute atomic E-state index is 12.2. The molecular formula is C21H29BrO2. The monoisotopic (exact) mass is 392 g/mol. The van der Waals surface area contributed by atoms with Gasteiger partial charge in [-0.25, -0.2) is 0 Å². The van der Waals surface area contributed by atoms with E-state index in [0.29, 0.717) is 29.8 Å². The Bertz CT molecular complexity index is 638. The lowest BCUT2D eigenvalue weighted by Crippen LogP contribution is -2.59. The maximum Gasteiger partial charge on any atom is 0.155 e. The number of fused-ring (bicyclic) bond motifs is 5. The van der Waals surface area contributed by atoms with Crippen molar-refractivity contribution in [1.29, 1.82) is 0 Å². The van der Waals surface area contributed by atoms with Gasteiger partial charge in [0.05, 0.1) is 0 Å². The van der Waals surface area contributed by atoms with Gasteiger partial charge in [0.25, 0.3) is 0 Å². The van der Waals surface area contributed by atoms with E-state index >= 15 is 0 Å². The number of hydrogen-bond donors (Lipinski definition) is 0. The highest BCUT2D eigenvalue weighted by Crippen LogP contribution is 2.70. The Morgan fingerprint density at radius 3 is 2.54 bits per heavy atom. The lowest BCUT2D eigenvalue weighted by Gasteiger charge is -2.63. The van der Waals surface area contributed by atoms with Crippen molar-refractivity contribution < 1.29 is 9.59 Å². The van der Waals surface area contributed by atoms with E-state index < -0.39 is 0 Å². The molecule has 24 heavy (non-hydrogen) atoms. The van der Waals surface area contributed by atoms with Gasteiger partial charge in [0, 0.05) is 22.1 Å². The highest BCUT2D eigenvalue weighted by atomic mass is 79.9. The number of allylic oxidation sites excluding steroid dienone is 1. The largest absolute Gasteiger partial charge is 0.300 e. The van der Waals surface area contributed by atoms with Gasteiger partial charge < -0.3 is 0 Å². The molecule has 0 aliphatic heterocycles. The molecule has 0 amide bonds. The molecule has 4 aliphatic carbocycles. The van der Waals surface area contributed by atoms with Crippen LogP contribution in [0.3, 0.4) is 0 Å². The summed E-state index contributed by atoms with van der Waals surface area (Å²) in [6, 6.07) is 0. The van der Waals surface area contributed by atoms with E-state index in [1.165, 1.54) is 18.4 Å². The number of rotatable bonds is 1. The van der Waals surface area contributed by atoms with Crippen molar-refractivity contribution in [3.05, 3.63) is 11.6 Å². The molecule has 3 fully saturated rings. The van der Waals surface area contributed by atoms with Crippen LogP contribution in [0.1, 0.15) is 72.1 Å². The van der Waals surface area contributed by atoms with Gasteiger partial charge in [-0.2, -0.15) is 0 Å². The smallest absolute Gasteiger partial charge is 0.155 e. The molecule has 2 nitrogen and oxygen atoms in total. The predicted octanol–water partition coefficient (Wildman–Crippen LogP) is 5.24. The average Bonchev–Trinajstić information content (AvgIpc) is 2.87. The maximum atomic E-state index is 12.2. The van der Waals surface area contributed by atoms with Gasteiger partial charge in [0.2, 0.25) is 0 Å². The Morgan fingerprint density at radius 1 is 1.08 bits per heavy atom. The second-order valence-corrected chi connectivity index (χ2v) is 10.7. The molecule has 0 radical (unpaired) electrons. The Labute approximate surface area is 154 Å². The number of hydrogen-bond acceptors (Lipinski definition) is 2. The van der Waals surface area contributed by atoms with Crippen LogP contribution in [0.25, 0.3) is 0 Å². The van der Waals surface area contributed by atoms with Gasteiger partial charge in [0.1, 0.15) is 5.78 Å². The molecule has 132 valence electrons. The summed E-state index contributed by atoms with van der Waals surface area (Å²) in [5.74, 6) is 2.26. The van der Waals surface area contributed by atoms with Gasteiger partial charge in [-0.3, -0.25) is 9.59 Å². The van der Waals surface area contributed by atoms with Crippen molar-refractivity contribution in [2.75, 3.05) is 0 Å². The van der Waals surface area contributed by atoms with Crippen molar-refractivity contribution in [1.82, 2.24) is 0 Å². The zero-order valence-corrected chi connectivity index (χ0v) is 16.7. The third-order valence-corrected chi connectivity index (χ3v) is 10.4. The topological polar surface area (TPSA) is 34.1 Å². The van der Waals surface area contributed by atoms with E-state index in [1.54, 1.807) is 6.92 Å². The molecule has 4 aliphatic rings. The standard InChI is InChI=1S/C21H29BrO2/c1-13(23)16-6-7-17-18-5-4-14-12-15(24)8-9-20(14,3)21(18,22)11-10-19(16,17)2/h12,16-18H,4-11H2,1-3H3/t16-,17+,18+,19-,20+,21-/m1/s1. The molecular weight excluding hydrogens is 364 g/mol. The first kappa shape index (κ1) is 17.0. The van der Waals surface area contributed by atoms with Crippen LogP contribution in [0.4, 0.5) is 0 Å². The number of carbonyl (C=O) groups is 2. The molecule has 3 saturated carbocycles.